The minimum atomic E-state index is -1.00. The number of nitrogens with zero attached hydrogens (tertiary/aromatic N) is 2. The third-order valence-corrected chi connectivity index (χ3v) is 3.69. The van der Waals surface area contributed by atoms with Crippen LogP contribution in [-0.4, -0.2) is 16.1 Å². The third kappa shape index (κ3) is 3.99. The maximum Gasteiger partial charge on any atom is 0.333 e. The highest BCUT2D eigenvalue weighted by Gasteiger charge is 2.13. The van der Waals surface area contributed by atoms with E-state index in [1.165, 1.54) is 0 Å². The first-order valence-electron chi connectivity index (χ1n) is 7.72. The molecule has 0 radical (unpaired) electrons. The molecule has 0 saturated carbocycles. The fourth-order valence-corrected chi connectivity index (χ4v) is 2.44. The number of hydrogen-bond acceptors (Lipinski definition) is 4. The van der Waals surface area contributed by atoms with Crippen molar-refractivity contribution in [3.8, 4) is 17.3 Å². The van der Waals surface area contributed by atoms with Crippen LogP contribution >= 0.6 is 0 Å². The lowest BCUT2D eigenvalue weighted by molar-refractivity contribution is -0.132. The second-order valence-electron chi connectivity index (χ2n) is 5.44. The van der Waals surface area contributed by atoms with E-state index in [0.717, 1.165) is 17.5 Å². The number of rotatable bonds is 6. The molecule has 0 unspecified atom stereocenters. The lowest BCUT2D eigenvalue weighted by atomic mass is 10.0. The maximum absolute atomic E-state index is 11.4. The van der Waals surface area contributed by atoms with Gasteiger partial charge in [0.15, 0.2) is 0 Å². The summed E-state index contributed by atoms with van der Waals surface area (Å²) < 4.78 is 0. The van der Waals surface area contributed by atoms with Crippen molar-refractivity contribution in [2.45, 2.75) is 26.2 Å². The van der Waals surface area contributed by atoms with Crippen LogP contribution in [0.5, 0.6) is 0 Å². The number of carboxylic acids is 1. The molecule has 0 spiro atoms. The summed E-state index contributed by atoms with van der Waals surface area (Å²) in [6, 6.07) is 13.0. The van der Waals surface area contributed by atoms with Gasteiger partial charge in [-0.3, -0.25) is 4.98 Å². The highest BCUT2D eigenvalue weighted by atomic mass is 16.4. The van der Waals surface area contributed by atoms with Gasteiger partial charge in [0.05, 0.1) is 22.9 Å². The van der Waals surface area contributed by atoms with Gasteiger partial charge >= 0.3 is 5.97 Å². The Kier molecular flexibility index (Phi) is 5.69. The van der Waals surface area contributed by atoms with Crippen LogP contribution in [0.4, 0.5) is 0 Å². The molecule has 0 aliphatic carbocycles. The molecule has 1 aromatic heterocycles. The van der Waals surface area contributed by atoms with Crippen LogP contribution < -0.4 is 5.73 Å². The van der Waals surface area contributed by atoms with Gasteiger partial charge in [0.1, 0.15) is 0 Å². The standard InChI is InChI=1S/C19H19N3O2/c1-2-5-17(21)16(19(23)24)10-13-8-9-18(22-12-13)15-7-4-3-6-14(15)11-20/h3-4,6-9,12H,2,5,10,21H2,1H3,(H,23,24)/b17-16-. The predicted molar refractivity (Wildman–Crippen MR) is 91.8 cm³/mol. The molecule has 122 valence electrons. The SMILES string of the molecule is CCC/C(N)=C(\Cc1ccc(-c2ccccc2C#N)nc1)C(=O)O. The lowest BCUT2D eigenvalue weighted by Gasteiger charge is -2.09. The summed E-state index contributed by atoms with van der Waals surface area (Å²) in [6.45, 7) is 1.95. The number of aliphatic carboxylic acids is 1. The number of benzene rings is 1. The van der Waals surface area contributed by atoms with Gasteiger partial charge in [-0.1, -0.05) is 37.6 Å². The van der Waals surface area contributed by atoms with Crippen LogP contribution in [-0.2, 0) is 11.2 Å². The van der Waals surface area contributed by atoms with E-state index in [-0.39, 0.29) is 12.0 Å². The minimum absolute atomic E-state index is 0.212. The summed E-state index contributed by atoms with van der Waals surface area (Å²) in [5.41, 5.74) is 9.25. The summed E-state index contributed by atoms with van der Waals surface area (Å²) in [6.07, 6.45) is 3.22. The van der Waals surface area contributed by atoms with Crippen LogP contribution in [0, 0.1) is 11.3 Å². The largest absolute Gasteiger partial charge is 0.478 e. The normalized spacial score (nSPS) is 11.5. The molecule has 1 heterocycles. The van der Waals surface area contributed by atoms with E-state index >= 15 is 0 Å². The molecule has 1 aromatic carbocycles. The number of carboxylic acid groups (broad SMARTS) is 1. The number of aromatic nitrogens is 1. The summed E-state index contributed by atoms with van der Waals surface area (Å²) in [7, 11) is 0. The molecule has 3 N–H and O–H groups in total. The van der Waals surface area contributed by atoms with Gasteiger partial charge in [-0.05, 0) is 24.1 Å². The van der Waals surface area contributed by atoms with Crippen LogP contribution in [0.25, 0.3) is 11.3 Å². The predicted octanol–water partition coefficient (Wildman–Crippen LogP) is 3.26. The van der Waals surface area contributed by atoms with E-state index in [9.17, 15) is 9.90 Å². The van der Waals surface area contributed by atoms with Crippen molar-refractivity contribution >= 4 is 5.97 Å². The highest BCUT2D eigenvalue weighted by molar-refractivity contribution is 5.88. The van der Waals surface area contributed by atoms with Gasteiger partial charge in [0, 0.05) is 23.9 Å². The molecule has 0 aliphatic rings. The number of nitrogens with two attached hydrogens (primary N) is 1. The molecule has 2 aromatic rings. The summed E-state index contributed by atoms with van der Waals surface area (Å²) in [5.74, 6) is -1.00. The maximum atomic E-state index is 11.4. The molecule has 0 fully saturated rings. The van der Waals surface area contributed by atoms with Crippen LogP contribution in [0.3, 0.4) is 0 Å². The number of pyridine rings is 1. The molecular formula is C19H19N3O2. The third-order valence-electron chi connectivity index (χ3n) is 3.69. The lowest BCUT2D eigenvalue weighted by Crippen LogP contribution is -2.13. The topological polar surface area (TPSA) is 100 Å². The molecule has 0 aliphatic heterocycles. The number of hydrogen-bond donors (Lipinski definition) is 2. The van der Waals surface area contributed by atoms with E-state index < -0.39 is 5.97 Å². The number of carbonyl (C=O) groups is 1. The molecule has 0 bridgehead atoms. The van der Waals surface area contributed by atoms with Gasteiger partial charge in [-0.25, -0.2) is 4.79 Å². The molecule has 2 rings (SSSR count). The summed E-state index contributed by atoms with van der Waals surface area (Å²) in [4.78, 5) is 15.8. The van der Waals surface area contributed by atoms with E-state index in [4.69, 9.17) is 11.0 Å². The van der Waals surface area contributed by atoms with Gasteiger partial charge < -0.3 is 10.8 Å². The minimum Gasteiger partial charge on any atom is -0.478 e. The Morgan fingerprint density at radius 1 is 1.29 bits per heavy atom. The van der Waals surface area contributed by atoms with E-state index in [1.807, 2.05) is 25.1 Å². The highest BCUT2D eigenvalue weighted by Crippen LogP contribution is 2.22. The van der Waals surface area contributed by atoms with Crippen molar-refractivity contribution in [2.24, 2.45) is 5.73 Å². The monoisotopic (exact) mass is 321 g/mol. The van der Waals surface area contributed by atoms with Crippen molar-refractivity contribution in [1.29, 1.82) is 5.26 Å². The van der Waals surface area contributed by atoms with Crippen molar-refractivity contribution in [3.05, 3.63) is 65.0 Å². The van der Waals surface area contributed by atoms with Crippen LogP contribution in [0.2, 0.25) is 0 Å². The Labute approximate surface area is 141 Å². The Hall–Kier alpha value is -3.13. The fraction of sp³-hybridized carbons (Fsp3) is 0.211. The van der Waals surface area contributed by atoms with E-state index in [1.54, 1.807) is 24.4 Å². The second kappa shape index (κ2) is 7.93. The van der Waals surface area contributed by atoms with Crippen molar-refractivity contribution in [1.82, 2.24) is 4.98 Å². The average Bonchev–Trinajstić information content (AvgIpc) is 2.60. The Bertz CT molecular complexity index is 802. The van der Waals surface area contributed by atoms with E-state index in [2.05, 4.69) is 11.1 Å². The molecular weight excluding hydrogens is 302 g/mol. The Morgan fingerprint density at radius 2 is 2.04 bits per heavy atom. The fourth-order valence-electron chi connectivity index (χ4n) is 2.44. The van der Waals surface area contributed by atoms with Crippen molar-refractivity contribution in [2.75, 3.05) is 0 Å². The zero-order valence-corrected chi connectivity index (χ0v) is 13.5. The van der Waals surface area contributed by atoms with E-state index in [0.29, 0.717) is 23.4 Å². The quantitative estimate of drug-likeness (QED) is 0.795. The number of allylic oxidation sites excluding steroid dienone is 1. The average molecular weight is 321 g/mol. The molecule has 0 amide bonds. The first-order valence-corrected chi connectivity index (χ1v) is 7.72. The van der Waals surface area contributed by atoms with Gasteiger partial charge in [-0.15, -0.1) is 0 Å². The van der Waals surface area contributed by atoms with Gasteiger partial charge in [0.25, 0.3) is 0 Å². The zero-order chi connectivity index (χ0) is 17.5. The first-order chi connectivity index (χ1) is 11.6. The zero-order valence-electron chi connectivity index (χ0n) is 13.5. The van der Waals surface area contributed by atoms with Gasteiger partial charge in [0.2, 0.25) is 0 Å². The summed E-state index contributed by atoms with van der Waals surface area (Å²) in [5, 5.41) is 18.5. The molecule has 0 atom stereocenters. The molecule has 0 saturated heterocycles. The van der Waals surface area contributed by atoms with Crippen LogP contribution in [0.15, 0.2) is 53.9 Å². The molecule has 5 heteroatoms. The Balaban J connectivity index is 2.28. The molecule has 5 nitrogen and oxygen atoms in total. The second-order valence-corrected chi connectivity index (χ2v) is 5.44. The van der Waals surface area contributed by atoms with Gasteiger partial charge in [-0.2, -0.15) is 5.26 Å². The van der Waals surface area contributed by atoms with Crippen molar-refractivity contribution < 1.29 is 9.90 Å². The van der Waals surface area contributed by atoms with Crippen LogP contribution in [0.1, 0.15) is 30.9 Å². The Morgan fingerprint density at radius 3 is 2.62 bits per heavy atom. The molecule has 24 heavy (non-hydrogen) atoms. The smallest absolute Gasteiger partial charge is 0.333 e. The number of nitriles is 1. The first kappa shape index (κ1) is 17.2. The summed E-state index contributed by atoms with van der Waals surface area (Å²) >= 11 is 0. The van der Waals surface area contributed by atoms with Crippen molar-refractivity contribution in [3.63, 3.8) is 0 Å².